The molecule has 0 fully saturated rings. The number of carboxylic acids is 1. The fraction of sp³-hybridized carbons (Fsp3) is 0.400. The van der Waals surface area contributed by atoms with Crippen LogP contribution in [0.4, 0.5) is 0 Å². The number of aliphatic carboxylic acids is 1. The summed E-state index contributed by atoms with van der Waals surface area (Å²) in [5, 5.41) is 23.0. The molecule has 0 saturated carbocycles. The van der Waals surface area contributed by atoms with Crippen molar-refractivity contribution in [3.8, 4) is 0 Å². The van der Waals surface area contributed by atoms with Gasteiger partial charge in [-0.05, 0) is 12.5 Å². The molecule has 0 radical (unpaired) electrons. The Hall–Kier alpha value is -2.45. The van der Waals surface area contributed by atoms with Crippen molar-refractivity contribution >= 4 is 17.8 Å². The first kappa shape index (κ1) is 18.6. The summed E-state index contributed by atoms with van der Waals surface area (Å²) >= 11 is 0. The molecule has 3 atom stereocenters. The van der Waals surface area contributed by atoms with Gasteiger partial charge in [0.05, 0.1) is 12.6 Å². The molecule has 8 heteroatoms. The molecule has 0 bridgehead atoms. The van der Waals surface area contributed by atoms with Crippen LogP contribution in [-0.4, -0.2) is 52.7 Å². The van der Waals surface area contributed by atoms with Crippen molar-refractivity contribution in [2.75, 3.05) is 6.61 Å². The molecule has 2 amide bonds. The highest BCUT2D eigenvalue weighted by atomic mass is 16.4. The summed E-state index contributed by atoms with van der Waals surface area (Å²) in [6, 6.07) is 5.51. The van der Waals surface area contributed by atoms with E-state index in [0.717, 1.165) is 5.56 Å². The van der Waals surface area contributed by atoms with Crippen molar-refractivity contribution in [2.45, 2.75) is 31.5 Å². The topological polar surface area (TPSA) is 142 Å². The lowest BCUT2D eigenvalue weighted by Crippen LogP contribution is -2.55. The number of benzene rings is 1. The first-order valence-electron chi connectivity index (χ1n) is 7.09. The standard InChI is InChI=1S/C15H21N3O5/c1-9(16)13(20)18-12(8-19)14(21)17-11(15(22)23)7-10-5-3-2-4-6-10/h2-6,9,11-12,19H,7-8,16H2,1H3,(H,17,21)(H,18,20)(H,22,23)/t9-,11-,12-/m0/s1. The summed E-state index contributed by atoms with van der Waals surface area (Å²) in [4.78, 5) is 34.8. The van der Waals surface area contributed by atoms with Gasteiger partial charge in [0.25, 0.3) is 0 Å². The van der Waals surface area contributed by atoms with E-state index in [0.29, 0.717) is 0 Å². The molecule has 126 valence electrons. The van der Waals surface area contributed by atoms with Crippen LogP contribution in [0, 0.1) is 0 Å². The summed E-state index contributed by atoms with van der Waals surface area (Å²) in [6.07, 6.45) is 0.0846. The highest BCUT2D eigenvalue weighted by molar-refractivity contribution is 5.91. The van der Waals surface area contributed by atoms with Crippen molar-refractivity contribution in [3.05, 3.63) is 35.9 Å². The zero-order chi connectivity index (χ0) is 17.4. The molecule has 1 aromatic carbocycles. The molecule has 8 nitrogen and oxygen atoms in total. The van der Waals surface area contributed by atoms with E-state index < -0.39 is 42.5 Å². The highest BCUT2D eigenvalue weighted by Gasteiger charge is 2.26. The first-order valence-corrected chi connectivity index (χ1v) is 7.09. The Morgan fingerprint density at radius 3 is 2.13 bits per heavy atom. The molecule has 0 aliphatic rings. The average Bonchev–Trinajstić information content (AvgIpc) is 2.52. The number of amides is 2. The Balaban J connectivity index is 2.72. The maximum absolute atomic E-state index is 12.0. The zero-order valence-corrected chi connectivity index (χ0v) is 12.7. The number of nitrogens with two attached hydrogens (primary N) is 1. The highest BCUT2D eigenvalue weighted by Crippen LogP contribution is 2.04. The molecule has 1 aromatic rings. The van der Waals surface area contributed by atoms with E-state index in [1.54, 1.807) is 30.3 Å². The van der Waals surface area contributed by atoms with Crippen LogP contribution in [-0.2, 0) is 20.8 Å². The van der Waals surface area contributed by atoms with E-state index in [1.165, 1.54) is 6.92 Å². The quantitative estimate of drug-likeness (QED) is 0.399. The molecule has 0 aliphatic heterocycles. The predicted molar refractivity (Wildman–Crippen MR) is 82.4 cm³/mol. The maximum Gasteiger partial charge on any atom is 0.326 e. The van der Waals surface area contributed by atoms with Crippen molar-refractivity contribution in [1.82, 2.24) is 10.6 Å². The van der Waals surface area contributed by atoms with Crippen LogP contribution in [0.25, 0.3) is 0 Å². The van der Waals surface area contributed by atoms with Crippen LogP contribution >= 0.6 is 0 Å². The number of rotatable bonds is 8. The molecule has 0 unspecified atom stereocenters. The summed E-state index contributed by atoms with van der Waals surface area (Å²) in [5.74, 6) is -2.61. The van der Waals surface area contributed by atoms with Gasteiger partial charge in [0.2, 0.25) is 11.8 Å². The minimum atomic E-state index is -1.26. The number of aliphatic hydroxyl groups is 1. The molecular formula is C15H21N3O5. The van der Waals surface area contributed by atoms with E-state index in [4.69, 9.17) is 5.73 Å². The normalized spacial score (nSPS) is 14.4. The van der Waals surface area contributed by atoms with Crippen LogP contribution in [0.2, 0.25) is 0 Å². The zero-order valence-electron chi connectivity index (χ0n) is 12.7. The number of nitrogens with one attached hydrogen (secondary N) is 2. The average molecular weight is 323 g/mol. The van der Waals surface area contributed by atoms with Gasteiger partial charge in [-0.25, -0.2) is 4.79 Å². The molecule has 0 aliphatic carbocycles. The maximum atomic E-state index is 12.0. The first-order chi connectivity index (χ1) is 10.8. The minimum absolute atomic E-state index is 0.0846. The van der Waals surface area contributed by atoms with E-state index >= 15 is 0 Å². The Morgan fingerprint density at radius 2 is 1.65 bits per heavy atom. The van der Waals surface area contributed by atoms with Crippen molar-refractivity contribution in [2.24, 2.45) is 5.73 Å². The summed E-state index contributed by atoms with van der Waals surface area (Å²) < 4.78 is 0. The van der Waals surface area contributed by atoms with Crippen LogP contribution in [0.5, 0.6) is 0 Å². The monoisotopic (exact) mass is 323 g/mol. The SMILES string of the molecule is C[C@H](N)C(=O)N[C@@H](CO)C(=O)N[C@@H](Cc1ccccc1)C(=O)O. The van der Waals surface area contributed by atoms with Gasteiger partial charge >= 0.3 is 5.97 Å². The third kappa shape index (κ3) is 6.05. The van der Waals surface area contributed by atoms with Gasteiger partial charge in [0.15, 0.2) is 0 Å². The lowest BCUT2D eigenvalue weighted by molar-refractivity contribution is -0.142. The van der Waals surface area contributed by atoms with E-state index in [9.17, 15) is 24.6 Å². The van der Waals surface area contributed by atoms with Crippen LogP contribution in [0.3, 0.4) is 0 Å². The number of hydrogen-bond acceptors (Lipinski definition) is 5. The van der Waals surface area contributed by atoms with Crippen molar-refractivity contribution in [1.29, 1.82) is 0 Å². The second-order valence-corrected chi connectivity index (χ2v) is 5.12. The molecular weight excluding hydrogens is 302 g/mol. The van der Waals surface area contributed by atoms with Crippen molar-refractivity contribution in [3.63, 3.8) is 0 Å². The molecule has 23 heavy (non-hydrogen) atoms. The van der Waals surface area contributed by atoms with Gasteiger partial charge < -0.3 is 26.6 Å². The van der Waals surface area contributed by atoms with Gasteiger partial charge in [0.1, 0.15) is 12.1 Å². The van der Waals surface area contributed by atoms with Crippen LogP contribution in [0.1, 0.15) is 12.5 Å². The molecule has 0 saturated heterocycles. The number of carbonyl (C=O) groups excluding carboxylic acids is 2. The van der Waals surface area contributed by atoms with Gasteiger partial charge in [-0.3, -0.25) is 9.59 Å². The summed E-state index contributed by atoms with van der Waals surface area (Å²) in [5.41, 5.74) is 6.11. The Kier molecular flexibility index (Phi) is 7.17. The van der Waals surface area contributed by atoms with E-state index in [2.05, 4.69) is 10.6 Å². The fourth-order valence-corrected chi connectivity index (χ4v) is 1.82. The molecule has 6 N–H and O–H groups in total. The van der Waals surface area contributed by atoms with E-state index in [1.807, 2.05) is 0 Å². The minimum Gasteiger partial charge on any atom is -0.480 e. The van der Waals surface area contributed by atoms with Crippen LogP contribution in [0.15, 0.2) is 30.3 Å². The number of hydrogen-bond donors (Lipinski definition) is 5. The number of aliphatic hydroxyl groups excluding tert-OH is 1. The summed E-state index contributed by atoms with van der Waals surface area (Å²) in [7, 11) is 0. The van der Waals surface area contributed by atoms with Gasteiger partial charge in [-0.15, -0.1) is 0 Å². The molecule has 0 heterocycles. The second kappa shape index (κ2) is 8.86. The van der Waals surface area contributed by atoms with Gasteiger partial charge in [-0.1, -0.05) is 30.3 Å². The van der Waals surface area contributed by atoms with Crippen molar-refractivity contribution < 1.29 is 24.6 Å². The largest absolute Gasteiger partial charge is 0.480 e. The third-order valence-corrected chi connectivity index (χ3v) is 3.13. The molecule has 0 aromatic heterocycles. The fourth-order valence-electron chi connectivity index (χ4n) is 1.82. The Labute approximate surface area is 133 Å². The van der Waals surface area contributed by atoms with Gasteiger partial charge in [0, 0.05) is 6.42 Å². The van der Waals surface area contributed by atoms with Gasteiger partial charge in [-0.2, -0.15) is 0 Å². The predicted octanol–water partition coefficient (Wildman–Crippen LogP) is -1.38. The molecule has 1 rings (SSSR count). The second-order valence-electron chi connectivity index (χ2n) is 5.12. The molecule has 0 spiro atoms. The summed E-state index contributed by atoms with van der Waals surface area (Å²) in [6.45, 7) is 0.763. The number of carboxylic acid groups (broad SMARTS) is 1. The lowest BCUT2D eigenvalue weighted by atomic mass is 10.1. The Morgan fingerprint density at radius 1 is 1.09 bits per heavy atom. The Bertz CT molecular complexity index is 547. The van der Waals surface area contributed by atoms with Crippen LogP contribution < -0.4 is 16.4 Å². The third-order valence-electron chi connectivity index (χ3n) is 3.13. The smallest absolute Gasteiger partial charge is 0.326 e. The van der Waals surface area contributed by atoms with E-state index in [-0.39, 0.29) is 6.42 Å². The lowest BCUT2D eigenvalue weighted by Gasteiger charge is -2.20. The number of carbonyl (C=O) groups is 3.